The molecule has 1 aliphatic carbocycles. The molecular formula is C14H20N4S. The first-order valence-corrected chi connectivity index (χ1v) is 7.91. The van der Waals surface area contributed by atoms with Crippen LogP contribution in [0.5, 0.6) is 0 Å². The lowest BCUT2D eigenvalue weighted by Crippen LogP contribution is -2.16. The van der Waals surface area contributed by atoms with Crippen molar-refractivity contribution in [3.63, 3.8) is 0 Å². The van der Waals surface area contributed by atoms with E-state index in [0.717, 1.165) is 27.8 Å². The van der Waals surface area contributed by atoms with Gasteiger partial charge in [-0.2, -0.15) is 0 Å². The molecule has 0 saturated heterocycles. The molecule has 0 radical (unpaired) electrons. The molecule has 0 amide bonds. The van der Waals surface area contributed by atoms with Crippen LogP contribution in [-0.4, -0.2) is 9.97 Å². The Labute approximate surface area is 117 Å². The lowest BCUT2D eigenvalue weighted by molar-refractivity contribution is 0.312. The highest BCUT2D eigenvalue weighted by Crippen LogP contribution is 2.37. The van der Waals surface area contributed by atoms with Crippen LogP contribution in [0.4, 0.5) is 5.82 Å². The Bertz CT molecular complexity index is 558. The number of rotatable bonds is 3. The van der Waals surface area contributed by atoms with Crippen molar-refractivity contribution < 1.29 is 0 Å². The highest BCUT2D eigenvalue weighted by Gasteiger charge is 2.24. The van der Waals surface area contributed by atoms with Crippen LogP contribution in [0.1, 0.15) is 50.8 Å². The van der Waals surface area contributed by atoms with Gasteiger partial charge in [0.05, 0.1) is 5.39 Å². The zero-order valence-electron chi connectivity index (χ0n) is 11.2. The summed E-state index contributed by atoms with van der Waals surface area (Å²) in [6, 6.07) is 2.02. The number of aromatic nitrogens is 2. The maximum absolute atomic E-state index is 5.58. The summed E-state index contributed by atoms with van der Waals surface area (Å²) in [6.45, 7) is 2.29. The highest BCUT2D eigenvalue weighted by atomic mass is 32.1. The summed E-state index contributed by atoms with van der Waals surface area (Å²) in [5.74, 6) is 8.71. The smallest absolute Gasteiger partial charge is 0.152 e. The number of nitrogen functional groups attached to an aromatic ring is 1. The molecule has 0 unspecified atom stereocenters. The summed E-state index contributed by atoms with van der Waals surface area (Å²) in [5.41, 5.74) is 2.71. The lowest BCUT2D eigenvalue weighted by Gasteiger charge is -2.26. The maximum atomic E-state index is 5.58. The van der Waals surface area contributed by atoms with Crippen molar-refractivity contribution >= 4 is 27.4 Å². The summed E-state index contributed by atoms with van der Waals surface area (Å²) >= 11 is 1.65. The van der Waals surface area contributed by atoms with Crippen molar-refractivity contribution in [3.8, 4) is 0 Å². The van der Waals surface area contributed by atoms with E-state index < -0.39 is 0 Å². The van der Waals surface area contributed by atoms with Crippen LogP contribution >= 0.6 is 11.3 Å². The fourth-order valence-electron chi connectivity index (χ4n) is 2.99. The number of thiophene rings is 1. The van der Waals surface area contributed by atoms with Crippen molar-refractivity contribution in [1.29, 1.82) is 0 Å². The van der Waals surface area contributed by atoms with Crippen LogP contribution in [-0.2, 0) is 0 Å². The molecule has 5 heteroatoms. The molecule has 2 aromatic rings. The predicted molar refractivity (Wildman–Crippen MR) is 80.2 cm³/mol. The van der Waals surface area contributed by atoms with E-state index in [1.807, 2.05) is 11.4 Å². The van der Waals surface area contributed by atoms with Gasteiger partial charge in [0.25, 0.3) is 0 Å². The Morgan fingerprint density at radius 1 is 1.32 bits per heavy atom. The zero-order valence-corrected chi connectivity index (χ0v) is 12.0. The van der Waals surface area contributed by atoms with Gasteiger partial charge < -0.3 is 5.43 Å². The van der Waals surface area contributed by atoms with E-state index >= 15 is 0 Å². The van der Waals surface area contributed by atoms with Gasteiger partial charge in [-0.1, -0.05) is 13.3 Å². The highest BCUT2D eigenvalue weighted by molar-refractivity contribution is 7.16. The number of hydrogen-bond acceptors (Lipinski definition) is 5. The quantitative estimate of drug-likeness (QED) is 0.663. The Kier molecular flexibility index (Phi) is 3.66. The maximum Gasteiger partial charge on any atom is 0.152 e. The van der Waals surface area contributed by atoms with Gasteiger partial charge in [-0.05, 0) is 43.0 Å². The molecule has 4 nitrogen and oxygen atoms in total. The summed E-state index contributed by atoms with van der Waals surface area (Å²) in [7, 11) is 0. The van der Waals surface area contributed by atoms with E-state index in [0.29, 0.717) is 5.92 Å². The van der Waals surface area contributed by atoms with E-state index in [2.05, 4.69) is 17.3 Å². The minimum atomic E-state index is 0.501. The van der Waals surface area contributed by atoms with Crippen molar-refractivity contribution in [2.24, 2.45) is 11.8 Å². The molecule has 2 heterocycles. The summed E-state index contributed by atoms with van der Waals surface area (Å²) < 4.78 is 0. The first kappa shape index (κ1) is 12.8. The van der Waals surface area contributed by atoms with Gasteiger partial charge >= 0.3 is 0 Å². The number of hydrazine groups is 1. The molecule has 1 aliphatic rings. The minimum Gasteiger partial charge on any atom is -0.308 e. The molecule has 0 spiro atoms. The second-order valence-corrected chi connectivity index (χ2v) is 6.23. The third-order valence-electron chi connectivity index (χ3n) is 4.27. The monoisotopic (exact) mass is 276 g/mol. The number of hydrogen-bond donors (Lipinski definition) is 2. The SMILES string of the molecule is CCC1CCC(c2nc(NN)c3ccsc3n2)CC1. The summed E-state index contributed by atoms with van der Waals surface area (Å²) in [4.78, 5) is 10.4. The topological polar surface area (TPSA) is 63.8 Å². The molecule has 1 fully saturated rings. The van der Waals surface area contributed by atoms with Crippen LogP contribution in [0.2, 0.25) is 0 Å². The number of nitrogens with one attached hydrogen (secondary N) is 1. The molecule has 2 aromatic heterocycles. The molecule has 0 aliphatic heterocycles. The van der Waals surface area contributed by atoms with Crippen LogP contribution < -0.4 is 11.3 Å². The van der Waals surface area contributed by atoms with Gasteiger partial charge in [0.15, 0.2) is 5.82 Å². The van der Waals surface area contributed by atoms with Crippen molar-refractivity contribution in [1.82, 2.24) is 9.97 Å². The van der Waals surface area contributed by atoms with E-state index in [9.17, 15) is 0 Å². The fourth-order valence-corrected chi connectivity index (χ4v) is 3.76. The van der Waals surface area contributed by atoms with Gasteiger partial charge in [-0.15, -0.1) is 11.3 Å². The van der Waals surface area contributed by atoms with E-state index in [1.165, 1.54) is 32.1 Å². The van der Waals surface area contributed by atoms with Crippen LogP contribution in [0.15, 0.2) is 11.4 Å². The largest absolute Gasteiger partial charge is 0.308 e. The molecule has 0 aromatic carbocycles. The van der Waals surface area contributed by atoms with Gasteiger partial charge in [-0.3, -0.25) is 0 Å². The van der Waals surface area contributed by atoms with E-state index in [-0.39, 0.29) is 0 Å². The number of fused-ring (bicyclic) bond motifs is 1. The molecule has 102 valence electrons. The normalized spacial score (nSPS) is 23.7. The third kappa shape index (κ3) is 2.44. The average molecular weight is 276 g/mol. The molecule has 1 saturated carbocycles. The molecule has 0 atom stereocenters. The van der Waals surface area contributed by atoms with Gasteiger partial charge in [0, 0.05) is 5.92 Å². The third-order valence-corrected chi connectivity index (χ3v) is 5.07. The second kappa shape index (κ2) is 5.43. The number of nitrogens with two attached hydrogens (primary N) is 1. The second-order valence-electron chi connectivity index (χ2n) is 5.34. The van der Waals surface area contributed by atoms with Crippen molar-refractivity contribution in [2.45, 2.75) is 44.9 Å². The molecule has 0 bridgehead atoms. The Hall–Kier alpha value is -1.20. The fraction of sp³-hybridized carbons (Fsp3) is 0.571. The lowest BCUT2D eigenvalue weighted by atomic mass is 9.80. The van der Waals surface area contributed by atoms with Crippen LogP contribution in [0.3, 0.4) is 0 Å². The Morgan fingerprint density at radius 2 is 2.11 bits per heavy atom. The number of anilines is 1. The molecule has 19 heavy (non-hydrogen) atoms. The number of nitrogens with zero attached hydrogens (tertiary/aromatic N) is 2. The standard InChI is InChI=1S/C14H20N4S/c1-2-9-3-5-10(6-4-9)12-16-13(18-15)11-7-8-19-14(11)17-12/h7-10H,2-6,15H2,1H3,(H,16,17,18). The first-order valence-electron chi connectivity index (χ1n) is 7.03. The van der Waals surface area contributed by atoms with Crippen LogP contribution in [0.25, 0.3) is 10.2 Å². The summed E-state index contributed by atoms with van der Waals surface area (Å²) in [5, 5.41) is 3.07. The zero-order chi connectivity index (χ0) is 13.2. The molecule has 3 N–H and O–H groups in total. The van der Waals surface area contributed by atoms with Crippen molar-refractivity contribution in [2.75, 3.05) is 5.43 Å². The molecule has 3 rings (SSSR count). The van der Waals surface area contributed by atoms with Gasteiger partial charge in [0.1, 0.15) is 10.7 Å². The Balaban J connectivity index is 1.88. The Morgan fingerprint density at radius 3 is 2.79 bits per heavy atom. The van der Waals surface area contributed by atoms with E-state index in [1.54, 1.807) is 11.3 Å². The summed E-state index contributed by atoms with van der Waals surface area (Å²) in [6.07, 6.45) is 6.32. The van der Waals surface area contributed by atoms with Crippen LogP contribution in [0, 0.1) is 5.92 Å². The predicted octanol–water partition coefficient (Wildman–Crippen LogP) is 3.66. The minimum absolute atomic E-state index is 0.501. The van der Waals surface area contributed by atoms with Gasteiger partial charge in [0.2, 0.25) is 0 Å². The van der Waals surface area contributed by atoms with E-state index in [4.69, 9.17) is 10.8 Å². The van der Waals surface area contributed by atoms with Gasteiger partial charge in [-0.25, -0.2) is 15.8 Å². The molecular weight excluding hydrogens is 256 g/mol. The average Bonchev–Trinajstić information content (AvgIpc) is 2.94. The first-order chi connectivity index (χ1) is 9.31. The van der Waals surface area contributed by atoms with Crippen molar-refractivity contribution in [3.05, 3.63) is 17.3 Å².